The zero-order valence-corrected chi connectivity index (χ0v) is 23.6. The number of hydrogen-bond donors (Lipinski definition) is 1. The summed E-state index contributed by atoms with van der Waals surface area (Å²) in [6.07, 6.45) is 7.16. The Morgan fingerprint density at radius 3 is 2.49 bits per heavy atom. The first kappa shape index (κ1) is 27.1. The van der Waals surface area contributed by atoms with Gasteiger partial charge in [-0.15, -0.1) is 17.9 Å². The van der Waals surface area contributed by atoms with Crippen molar-refractivity contribution in [3.63, 3.8) is 0 Å². The quantitative estimate of drug-likeness (QED) is 0.232. The Labute approximate surface area is 242 Å². The lowest BCUT2D eigenvalue weighted by atomic mass is 9.87. The first-order valence-corrected chi connectivity index (χ1v) is 15.5. The number of sulfonamides is 1. The molecule has 0 radical (unpaired) electrons. The van der Waals surface area contributed by atoms with Gasteiger partial charge in [-0.05, 0) is 59.8 Å². The second kappa shape index (κ2) is 10.4. The fourth-order valence-electron chi connectivity index (χ4n) is 6.02. The Morgan fingerprint density at radius 2 is 1.88 bits per heavy atom. The van der Waals surface area contributed by atoms with Crippen molar-refractivity contribution in [3.8, 4) is 6.07 Å². The fraction of sp³-hybridized carbons (Fsp3) is 0.267. The first-order valence-electron chi connectivity index (χ1n) is 13.2. The number of carbonyl (C=O) groups is 2. The lowest BCUT2D eigenvalue weighted by Gasteiger charge is -2.27. The average Bonchev–Trinajstić information content (AvgIpc) is 3.41. The van der Waals surface area contributed by atoms with Crippen molar-refractivity contribution in [2.75, 3.05) is 13.1 Å². The van der Waals surface area contributed by atoms with E-state index in [9.17, 15) is 18.0 Å². The Morgan fingerprint density at radius 1 is 1.17 bits per heavy atom. The van der Waals surface area contributed by atoms with E-state index in [0.717, 1.165) is 5.56 Å². The maximum absolute atomic E-state index is 14.3. The van der Waals surface area contributed by atoms with Crippen molar-refractivity contribution in [1.82, 2.24) is 19.5 Å². The molecule has 2 aliphatic heterocycles. The predicted molar refractivity (Wildman–Crippen MR) is 153 cm³/mol. The van der Waals surface area contributed by atoms with Crippen LogP contribution in [0.2, 0.25) is 0 Å². The van der Waals surface area contributed by atoms with E-state index in [1.165, 1.54) is 21.7 Å². The molecule has 41 heavy (non-hydrogen) atoms. The van der Waals surface area contributed by atoms with Crippen molar-refractivity contribution < 1.29 is 18.0 Å². The van der Waals surface area contributed by atoms with Gasteiger partial charge in [-0.2, -0.15) is 9.57 Å². The Kier molecular flexibility index (Phi) is 6.85. The number of aromatic nitrogens is 1. The smallest absolute Gasteiger partial charge is 0.254 e. The minimum absolute atomic E-state index is 0.0376. The molecule has 3 aromatic rings. The monoisotopic (exact) mass is 585 g/mol. The van der Waals surface area contributed by atoms with Crippen LogP contribution in [0, 0.1) is 23.2 Å². The molecule has 1 N–H and O–H groups in total. The van der Waals surface area contributed by atoms with Crippen LogP contribution in [0.3, 0.4) is 0 Å². The molecule has 2 saturated heterocycles. The zero-order chi connectivity index (χ0) is 28.8. The molecule has 4 heterocycles. The number of hydrogen-bond acceptors (Lipinski definition) is 8. The predicted octanol–water partition coefficient (Wildman–Crippen LogP) is 3.35. The third-order valence-corrected chi connectivity index (χ3v) is 11.3. The van der Waals surface area contributed by atoms with Crippen molar-refractivity contribution in [1.29, 1.82) is 5.26 Å². The molecule has 4 atom stereocenters. The van der Waals surface area contributed by atoms with E-state index in [0.29, 0.717) is 47.1 Å². The lowest BCUT2D eigenvalue weighted by Crippen LogP contribution is -2.49. The number of pyridine rings is 1. The number of allylic oxidation sites excluding steroid dienone is 1. The second-order valence-electron chi connectivity index (χ2n) is 10.6. The van der Waals surface area contributed by atoms with Crippen molar-refractivity contribution in [2.24, 2.45) is 11.8 Å². The highest BCUT2D eigenvalue weighted by Gasteiger charge is 2.65. The molecule has 1 aliphatic carbocycles. The van der Waals surface area contributed by atoms with E-state index in [-0.39, 0.29) is 29.6 Å². The van der Waals surface area contributed by atoms with Gasteiger partial charge in [0.1, 0.15) is 15.6 Å². The molecule has 6 rings (SSSR count). The van der Waals surface area contributed by atoms with Gasteiger partial charge >= 0.3 is 0 Å². The van der Waals surface area contributed by atoms with E-state index >= 15 is 0 Å². The highest BCUT2D eigenvalue weighted by molar-refractivity contribution is 7.91. The number of nitriles is 1. The van der Waals surface area contributed by atoms with E-state index in [4.69, 9.17) is 5.26 Å². The number of fused-ring (bicyclic) bond motifs is 1. The van der Waals surface area contributed by atoms with Crippen LogP contribution in [0.5, 0.6) is 0 Å². The van der Waals surface area contributed by atoms with Crippen molar-refractivity contribution >= 4 is 33.1 Å². The molecule has 11 heteroatoms. The minimum atomic E-state index is -3.58. The molecule has 2 aromatic heterocycles. The number of thiophene rings is 1. The standard InChI is InChI=1S/C30H27N5O4S2/c1-2-11-30(16-20-9-12-32-13-10-20)29(37)35(26(33-30)15-25(36)22-7-5-21(17-31)6-8-22)28-23-18-34(19-24(23)28)41(38,39)27-4-3-14-40-27/h2-10,12-15,23-24,28,33H,1,11,16,18-19H2/b26-15+/t23-,24+,28?,30?. The van der Waals surface area contributed by atoms with Crippen molar-refractivity contribution in [3.05, 3.63) is 108 Å². The minimum Gasteiger partial charge on any atom is -0.357 e. The molecular formula is C30H27N5O4S2. The topological polar surface area (TPSA) is 123 Å². The van der Waals surface area contributed by atoms with Crippen LogP contribution < -0.4 is 5.32 Å². The number of piperidine rings is 1. The molecule has 0 spiro atoms. The summed E-state index contributed by atoms with van der Waals surface area (Å²) in [5.41, 5.74) is 0.691. The molecule has 3 aliphatic rings. The van der Waals surface area contributed by atoms with Gasteiger partial charge in [-0.3, -0.25) is 19.5 Å². The Hall–Kier alpha value is -4.11. The summed E-state index contributed by atoms with van der Waals surface area (Å²) >= 11 is 1.19. The number of rotatable bonds is 9. The van der Waals surface area contributed by atoms with Crippen LogP contribution in [0.4, 0.5) is 0 Å². The van der Waals surface area contributed by atoms with Gasteiger partial charge in [-0.25, -0.2) is 8.42 Å². The van der Waals surface area contributed by atoms with E-state index in [1.54, 1.807) is 65.1 Å². The van der Waals surface area contributed by atoms with Gasteiger partial charge in [0.05, 0.1) is 11.6 Å². The summed E-state index contributed by atoms with van der Waals surface area (Å²) in [5.74, 6) is -0.151. The molecule has 208 valence electrons. The maximum atomic E-state index is 14.3. The number of benzene rings is 1. The Balaban J connectivity index is 1.32. The molecule has 3 fully saturated rings. The summed E-state index contributed by atoms with van der Waals surface area (Å²) in [5, 5.41) is 14.2. The van der Waals surface area contributed by atoms with E-state index < -0.39 is 15.6 Å². The number of nitrogens with one attached hydrogen (secondary N) is 1. The van der Waals surface area contributed by atoms with Gasteiger partial charge in [0.15, 0.2) is 5.78 Å². The molecular weight excluding hydrogens is 558 g/mol. The molecule has 1 aromatic carbocycles. The molecule has 1 amide bonds. The third kappa shape index (κ3) is 4.78. The van der Waals surface area contributed by atoms with Crippen molar-refractivity contribution in [2.45, 2.75) is 28.6 Å². The van der Waals surface area contributed by atoms with Gasteiger partial charge < -0.3 is 5.32 Å². The summed E-state index contributed by atoms with van der Waals surface area (Å²) in [6.45, 7) is 4.52. The SMILES string of the molecule is C=CCC1(Cc2ccncc2)N/C(=C\C(=O)c2ccc(C#N)cc2)N(C2[C@H]3CN(S(=O)(=O)c4cccs4)C[C@@H]23)C1=O. The summed E-state index contributed by atoms with van der Waals surface area (Å²) in [6, 6.07) is 15.2. The van der Waals surface area contributed by atoms with Gasteiger partial charge in [0.25, 0.3) is 15.9 Å². The average molecular weight is 586 g/mol. The fourth-order valence-corrected chi connectivity index (χ4v) is 8.68. The first-order chi connectivity index (χ1) is 19.8. The summed E-state index contributed by atoms with van der Waals surface area (Å²) in [4.78, 5) is 33.4. The van der Waals surface area contributed by atoms with E-state index in [2.05, 4.69) is 16.9 Å². The number of ketones is 1. The largest absolute Gasteiger partial charge is 0.357 e. The summed E-state index contributed by atoms with van der Waals surface area (Å²) < 4.78 is 28.0. The molecule has 0 bridgehead atoms. The van der Waals surface area contributed by atoms with Gasteiger partial charge in [-0.1, -0.05) is 12.1 Å². The maximum Gasteiger partial charge on any atom is 0.254 e. The third-order valence-electron chi connectivity index (χ3n) is 8.07. The van der Waals surface area contributed by atoms with Gasteiger partial charge in [0.2, 0.25) is 0 Å². The highest BCUT2D eigenvalue weighted by Crippen LogP contribution is 2.53. The number of carbonyl (C=O) groups excluding carboxylic acids is 2. The van der Waals surface area contributed by atoms with Gasteiger partial charge in [0, 0.05) is 61.4 Å². The number of amides is 1. The molecule has 9 nitrogen and oxygen atoms in total. The van der Waals surface area contributed by atoms with Crippen LogP contribution in [-0.4, -0.2) is 59.0 Å². The van der Waals surface area contributed by atoms with Crippen LogP contribution in [0.25, 0.3) is 0 Å². The Bertz CT molecular complexity index is 1670. The normalized spacial score (nSPS) is 26.4. The summed E-state index contributed by atoms with van der Waals surface area (Å²) in [7, 11) is -3.58. The van der Waals surface area contributed by atoms with Crippen LogP contribution in [-0.2, 0) is 21.2 Å². The zero-order valence-electron chi connectivity index (χ0n) is 22.0. The van der Waals surface area contributed by atoms with E-state index in [1.807, 2.05) is 18.2 Å². The van der Waals surface area contributed by atoms with Crippen LogP contribution in [0.1, 0.15) is 27.9 Å². The molecule has 2 unspecified atom stereocenters. The highest BCUT2D eigenvalue weighted by atomic mass is 32.2. The van der Waals surface area contributed by atoms with Crippen LogP contribution >= 0.6 is 11.3 Å². The lowest BCUT2D eigenvalue weighted by molar-refractivity contribution is -0.132. The van der Waals surface area contributed by atoms with Crippen LogP contribution in [0.15, 0.2) is 95.1 Å². The molecule has 1 saturated carbocycles. The second-order valence-corrected chi connectivity index (χ2v) is 13.7. The number of nitrogens with zero attached hydrogens (tertiary/aromatic N) is 4.